The Morgan fingerprint density at radius 3 is 2.85 bits per heavy atom. The van der Waals surface area contributed by atoms with E-state index in [1.807, 2.05) is 38.1 Å². The Kier molecular flexibility index (Phi) is 7.33. The average molecular weight is 480 g/mol. The molecule has 4 aromatic rings. The summed E-state index contributed by atoms with van der Waals surface area (Å²) in [5.74, 6) is 0.388. The first-order valence-electron chi connectivity index (χ1n) is 10.7. The van der Waals surface area contributed by atoms with Crippen molar-refractivity contribution in [1.29, 1.82) is 0 Å². The van der Waals surface area contributed by atoms with Crippen molar-refractivity contribution in [2.45, 2.75) is 25.5 Å². The molecule has 0 spiro atoms. The zero-order valence-corrected chi connectivity index (χ0v) is 20.0. The van der Waals surface area contributed by atoms with Gasteiger partial charge in [0.2, 0.25) is 11.1 Å². The monoisotopic (exact) mass is 479 g/mol. The van der Waals surface area contributed by atoms with Gasteiger partial charge >= 0.3 is 0 Å². The highest BCUT2D eigenvalue weighted by Gasteiger charge is 2.19. The smallest absolute Gasteiger partial charge is 0.258 e. The zero-order chi connectivity index (χ0) is 24.1. The number of para-hydroxylation sites is 1. The van der Waals surface area contributed by atoms with E-state index in [-0.39, 0.29) is 23.8 Å². The topological polar surface area (TPSA) is 119 Å². The number of carbonyl (C=O) groups is 1. The molecule has 2 aromatic carbocycles. The highest BCUT2D eigenvalue weighted by molar-refractivity contribution is 7.99. The molecule has 0 aliphatic rings. The number of aromatic nitrogens is 6. The number of hydrogen-bond donors (Lipinski definition) is 1. The van der Waals surface area contributed by atoms with E-state index in [2.05, 4.69) is 25.5 Å². The van der Waals surface area contributed by atoms with E-state index in [0.717, 1.165) is 16.8 Å². The minimum absolute atomic E-state index is 0.118. The Bertz CT molecular complexity index is 1370. The molecule has 0 saturated carbocycles. The molecule has 0 aliphatic carbocycles. The minimum atomic E-state index is -0.234. The number of carbonyl (C=O) groups excluding carboxylic acids is 1. The van der Waals surface area contributed by atoms with Gasteiger partial charge in [0.05, 0.1) is 35.5 Å². The minimum Gasteiger partial charge on any atom is -0.383 e. The Morgan fingerprint density at radius 1 is 1.21 bits per heavy atom. The molecule has 0 bridgehead atoms. The van der Waals surface area contributed by atoms with Crippen molar-refractivity contribution in [2.24, 2.45) is 0 Å². The van der Waals surface area contributed by atoms with E-state index in [1.54, 1.807) is 34.9 Å². The Balaban J connectivity index is 1.51. The molecule has 0 atom stereocenters. The van der Waals surface area contributed by atoms with Crippen LogP contribution >= 0.6 is 11.8 Å². The number of rotatable bonds is 9. The van der Waals surface area contributed by atoms with Crippen LogP contribution in [0.5, 0.6) is 0 Å². The standard InChI is InChI=1S/C23H25N7O3S/c1-15-8-9-16(2)19(12-15)30-23(26-27-28-30)34-14-21(31)29(10-11-33-3)13-20-24-18-7-5-4-6-17(18)22(32)25-20/h4-9,12H,10-11,13-14H2,1-3H3,(H,24,25,32). The number of amides is 1. The van der Waals surface area contributed by atoms with Crippen molar-refractivity contribution in [3.05, 3.63) is 69.8 Å². The lowest BCUT2D eigenvalue weighted by molar-refractivity contribution is -0.129. The van der Waals surface area contributed by atoms with Gasteiger partial charge in [0.1, 0.15) is 5.82 Å². The summed E-state index contributed by atoms with van der Waals surface area (Å²) in [6.07, 6.45) is 0. The van der Waals surface area contributed by atoms with Crippen LogP contribution in [0.2, 0.25) is 0 Å². The van der Waals surface area contributed by atoms with Crippen molar-refractivity contribution in [2.75, 3.05) is 26.0 Å². The number of thioether (sulfide) groups is 1. The van der Waals surface area contributed by atoms with Crippen LogP contribution in [-0.2, 0) is 16.1 Å². The molecule has 11 heteroatoms. The number of methoxy groups -OCH3 is 1. The quantitative estimate of drug-likeness (QED) is 0.363. The van der Waals surface area contributed by atoms with Gasteiger partial charge in [0.25, 0.3) is 5.56 Å². The van der Waals surface area contributed by atoms with E-state index in [1.165, 1.54) is 11.8 Å². The summed E-state index contributed by atoms with van der Waals surface area (Å²) < 4.78 is 6.82. The summed E-state index contributed by atoms with van der Waals surface area (Å²) >= 11 is 1.25. The number of benzene rings is 2. The summed E-state index contributed by atoms with van der Waals surface area (Å²) in [6, 6.07) is 13.1. The van der Waals surface area contributed by atoms with Gasteiger partial charge in [0.15, 0.2) is 0 Å². The van der Waals surface area contributed by atoms with Gasteiger partial charge in [-0.3, -0.25) is 9.59 Å². The first-order valence-corrected chi connectivity index (χ1v) is 11.7. The third-order valence-corrected chi connectivity index (χ3v) is 6.18. The fourth-order valence-electron chi connectivity index (χ4n) is 3.47. The molecule has 1 N–H and O–H groups in total. The number of tetrazole rings is 1. The number of nitrogens with one attached hydrogen (secondary N) is 1. The summed E-state index contributed by atoms with van der Waals surface area (Å²) in [4.78, 5) is 34.4. The van der Waals surface area contributed by atoms with Crippen molar-refractivity contribution in [3.63, 3.8) is 0 Å². The van der Waals surface area contributed by atoms with Crippen LogP contribution in [0.4, 0.5) is 0 Å². The summed E-state index contributed by atoms with van der Waals surface area (Å²) in [7, 11) is 1.58. The van der Waals surface area contributed by atoms with Gasteiger partial charge in [-0.15, -0.1) is 5.10 Å². The van der Waals surface area contributed by atoms with E-state index >= 15 is 0 Å². The lowest BCUT2D eigenvalue weighted by Crippen LogP contribution is -2.36. The van der Waals surface area contributed by atoms with Gasteiger partial charge in [-0.25, -0.2) is 4.98 Å². The third-order valence-electron chi connectivity index (χ3n) is 5.28. The Hall–Kier alpha value is -3.57. The molecule has 176 valence electrons. The molecule has 0 radical (unpaired) electrons. The number of nitrogens with zero attached hydrogens (tertiary/aromatic N) is 6. The maximum atomic E-state index is 13.1. The second kappa shape index (κ2) is 10.6. The van der Waals surface area contributed by atoms with Gasteiger partial charge in [0, 0.05) is 13.7 Å². The molecule has 4 rings (SSSR count). The number of H-pyrrole nitrogens is 1. The number of fused-ring (bicyclic) bond motifs is 1. The molecule has 0 fully saturated rings. The SMILES string of the molecule is COCCN(Cc1nc2ccccc2c(=O)[nH]1)C(=O)CSc1nnnn1-c1cc(C)ccc1C. The van der Waals surface area contributed by atoms with Crippen LogP contribution in [0.15, 0.2) is 52.4 Å². The van der Waals surface area contributed by atoms with Crippen LogP contribution in [0.1, 0.15) is 17.0 Å². The number of hydrogen-bond acceptors (Lipinski definition) is 8. The molecule has 2 heterocycles. The summed E-state index contributed by atoms with van der Waals surface area (Å²) in [5, 5.41) is 13.0. The lowest BCUT2D eigenvalue weighted by Gasteiger charge is -2.21. The second-order valence-corrected chi connectivity index (χ2v) is 8.73. The number of aryl methyl sites for hydroxylation is 2. The molecular weight excluding hydrogens is 454 g/mol. The van der Waals surface area contributed by atoms with Gasteiger partial charge < -0.3 is 14.6 Å². The summed E-state index contributed by atoms with van der Waals surface area (Å²) in [6.45, 7) is 4.86. The highest BCUT2D eigenvalue weighted by atomic mass is 32.2. The predicted molar refractivity (Wildman–Crippen MR) is 129 cm³/mol. The second-order valence-electron chi connectivity index (χ2n) is 7.79. The zero-order valence-electron chi connectivity index (χ0n) is 19.2. The highest BCUT2D eigenvalue weighted by Crippen LogP contribution is 2.22. The largest absolute Gasteiger partial charge is 0.383 e. The molecular formula is C23H25N7O3S. The van der Waals surface area contributed by atoms with E-state index in [9.17, 15) is 9.59 Å². The average Bonchev–Trinajstić information content (AvgIpc) is 3.30. The van der Waals surface area contributed by atoms with E-state index < -0.39 is 0 Å². The van der Waals surface area contributed by atoms with Crippen LogP contribution in [-0.4, -0.2) is 67.0 Å². The fraction of sp³-hybridized carbons (Fsp3) is 0.304. The number of ether oxygens (including phenoxy) is 1. The normalized spacial score (nSPS) is 11.1. The van der Waals surface area contributed by atoms with Gasteiger partial charge in [-0.05, 0) is 53.6 Å². The molecule has 0 saturated heterocycles. The number of aromatic amines is 1. The fourth-order valence-corrected chi connectivity index (χ4v) is 4.26. The maximum absolute atomic E-state index is 13.1. The van der Waals surface area contributed by atoms with Crippen molar-refractivity contribution >= 4 is 28.6 Å². The Labute approximate surface area is 200 Å². The van der Waals surface area contributed by atoms with Crippen LogP contribution < -0.4 is 5.56 Å². The Morgan fingerprint density at radius 2 is 2.03 bits per heavy atom. The van der Waals surface area contributed by atoms with Crippen molar-refractivity contribution in [3.8, 4) is 5.69 Å². The molecule has 0 unspecified atom stereocenters. The van der Waals surface area contributed by atoms with Crippen LogP contribution in [0.25, 0.3) is 16.6 Å². The van der Waals surface area contributed by atoms with Crippen molar-refractivity contribution in [1.82, 2.24) is 35.1 Å². The molecule has 1 amide bonds. The molecule has 34 heavy (non-hydrogen) atoms. The maximum Gasteiger partial charge on any atom is 0.258 e. The molecule has 10 nitrogen and oxygen atoms in total. The molecule has 0 aliphatic heterocycles. The van der Waals surface area contributed by atoms with Gasteiger partial charge in [-0.2, -0.15) is 4.68 Å². The van der Waals surface area contributed by atoms with E-state index in [0.29, 0.717) is 35.0 Å². The third kappa shape index (κ3) is 5.32. The molecule has 2 aromatic heterocycles. The first-order chi connectivity index (χ1) is 16.5. The lowest BCUT2D eigenvalue weighted by atomic mass is 10.1. The first kappa shape index (κ1) is 23.6. The van der Waals surface area contributed by atoms with Crippen molar-refractivity contribution < 1.29 is 9.53 Å². The van der Waals surface area contributed by atoms with Gasteiger partial charge in [-0.1, -0.05) is 36.0 Å². The van der Waals surface area contributed by atoms with E-state index in [4.69, 9.17) is 4.74 Å². The predicted octanol–water partition coefficient (Wildman–Crippen LogP) is 2.28. The summed E-state index contributed by atoms with van der Waals surface area (Å²) in [5.41, 5.74) is 3.34. The van der Waals surface area contributed by atoms with Crippen LogP contribution in [0.3, 0.4) is 0 Å². The van der Waals surface area contributed by atoms with Crippen LogP contribution in [0, 0.1) is 13.8 Å².